The van der Waals surface area contributed by atoms with Crippen molar-refractivity contribution in [1.29, 1.82) is 0 Å². The number of carbonyl (C=O) groups excluding carboxylic acids is 1. The number of hydrogen-bond donors (Lipinski definition) is 1. The Balaban J connectivity index is 0.000000348. The molecule has 0 fully saturated rings. The van der Waals surface area contributed by atoms with Gasteiger partial charge in [0.25, 0.3) is 0 Å². The van der Waals surface area contributed by atoms with E-state index < -0.39 is 0 Å². The quantitative estimate of drug-likeness (QED) is 0.0842. The number of ketones is 1. The summed E-state index contributed by atoms with van der Waals surface area (Å²) in [5, 5.41) is 13.4. The van der Waals surface area contributed by atoms with Crippen LogP contribution in [0, 0.1) is 43.6 Å². The Bertz CT molecular complexity index is 1600. The van der Waals surface area contributed by atoms with E-state index in [-0.39, 0.29) is 42.5 Å². The molecule has 0 amide bonds. The summed E-state index contributed by atoms with van der Waals surface area (Å²) >= 11 is 0. The van der Waals surface area contributed by atoms with Gasteiger partial charge in [0.05, 0.1) is 5.52 Å². The second kappa shape index (κ2) is 14.7. The summed E-state index contributed by atoms with van der Waals surface area (Å²) in [4.78, 5) is 21.1. The molecular weight excluding hydrogens is 709 g/mol. The van der Waals surface area contributed by atoms with E-state index in [4.69, 9.17) is 0 Å². The monoisotopic (exact) mass is 758 g/mol. The van der Waals surface area contributed by atoms with Gasteiger partial charge in [-0.25, -0.2) is 4.98 Å². The van der Waals surface area contributed by atoms with Crippen LogP contribution in [-0.4, -0.2) is 20.9 Å². The molecule has 0 aliphatic heterocycles. The molecule has 4 rings (SSSR count). The second-order valence-corrected chi connectivity index (χ2v) is 13.4. The number of aliphatic hydroxyl groups is 1. The van der Waals surface area contributed by atoms with Crippen molar-refractivity contribution in [3.63, 3.8) is 0 Å². The van der Waals surface area contributed by atoms with Gasteiger partial charge >= 0.3 is 0 Å². The van der Waals surface area contributed by atoms with Gasteiger partial charge in [-0.05, 0) is 59.7 Å². The van der Waals surface area contributed by atoms with Crippen molar-refractivity contribution in [2.45, 2.75) is 95.4 Å². The molecule has 1 aromatic heterocycles. The Kier molecular flexibility index (Phi) is 12.4. The van der Waals surface area contributed by atoms with Gasteiger partial charge in [0.15, 0.2) is 5.78 Å². The molecule has 0 saturated heterocycles. The standard InChI is InChI=1S/C25H25N2.C13H24O2.Ir/c1-15(2)8-19-12-18(5)23-20(13-19)6-7-22-24(26-14-27-25(22)23)21-10-16(3)9-17(4)11-21;1-7-12(3,4)10(14)9-11(15)13(5,6)8-2;/h6-7,9-10,12-15H,8H2,1-5H3;9,14H,7-8H2,1-6H3;/q-1;;/b;10-9-;. The van der Waals surface area contributed by atoms with Gasteiger partial charge < -0.3 is 5.11 Å². The zero-order valence-corrected chi connectivity index (χ0v) is 30.3. The normalized spacial score (nSPS) is 12.2. The molecular formula is C38H49IrN2O2-. The maximum atomic E-state index is 11.8. The fraction of sp³-hybridized carbons (Fsp3) is 0.447. The Morgan fingerprint density at radius 2 is 1.60 bits per heavy atom. The third-order valence-corrected chi connectivity index (χ3v) is 8.42. The van der Waals surface area contributed by atoms with Crippen LogP contribution >= 0.6 is 0 Å². The minimum atomic E-state index is -0.377. The predicted octanol–water partition coefficient (Wildman–Crippen LogP) is 10.2. The first-order valence-electron chi connectivity index (χ1n) is 15.2. The van der Waals surface area contributed by atoms with Crippen LogP contribution in [0.1, 0.15) is 90.5 Å². The fourth-order valence-electron chi connectivity index (χ4n) is 4.97. The number of aromatic nitrogens is 2. The summed E-state index contributed by atoms with van der Waals surface area (Å²) in [6.45, 7) is 22.6. The first-order valence-corrected chi connectivity index (χ1v) is 15.2. The molecule has 3 aromatic carbocycles. The van der Waals surface area contributed by atoms with Gasteiger partial charge in [0.1, 0.15) is 12.1 Å². The Morgan fingerprint density at radius 1 is 0.953 bits per heavy atom. The Morgan fingerprint density at radius 3 is 2.19 bits per heavy atom. The van der Waals surface area contributed by atoms with Crippen molar-refractivity contribution in [3.05, 3.63) is 82.9 Å². The van der Waals surface area contributed by atoms with Crippen LogP contribution < -0.4 is 0 Å². The molecule has 1 radical (unpaired) electrons. The molecule has 0 unspecified atom stereocenters. The van der Waals surface area contributed by atoms with Crippen molar-refractivity contribution >= 4 is 27.5 Å². The van der Waals surface area contributed by atoms with Crippen LogP contribution in [0.5, 0.6) is 0 Å². The molecule has 0 aliphatic carbocycles. The Hall–Kier alpha value is -2.88. The van der Waals surface area contributed by atoms with Crippen LogP contribution in [0.3, 0.4) is 0 Å². The molecule has 4 aromatic rings. The number of benzene rings is 3. The smallest absolute Gasteiger partial charge is 0.164 e. The topological polar surface area (TPSA) is 63.1 Å². The Labute approximate surface area is 272 Å². The van der Waals surface area contributed by atoms with Gasteiger partial charge in [-0.15, -0.1) is 34.9 Å². The summed E-state index contributed by atoms with van der Waals surface area (Å²) in [6.07, 6.45) is 5.77. The second-order valence-electron chi connectivity index (χ2n) is 13.4. The molecule has 0 saturated carbocycles. The number of aliphatic hydroxyl groups excluding tert-OH is 1. The summed E-state index contributed by atoms with van der Waals surface area (Å²) < 4.78 is 0. The number of allylic oxidation sites excluding steroid dienone is 2. The number of rotatable bonds is 8. The maximum absolute atomic E-state index is 11.8. The van der Waals surface area contributed by atoms with Gasteiger partial charge in [0.2, 0.25) is 0 Å². The first-order chi connectivity index (χ1) is 19.6. The average molecular weight is 758 g/mol. The number of aryl methyl sites for hydroxylation is 3. The number of nitrogens with zero attached hydrogens (tertiary/aromatic N) is 2. The molecule has 0 atom stereocenters. The molecule has 5 heteroatoms. The van der Waals surface area contributed by atoms with E-state index in [9.17, 15) is 9.90 Å². The van der Waals surface area contributed by atoms with Gasteiger partial charge in [-0.3, -0.25) is 9.78 Å². The van der Waals surface area contributed by atoms with E-state index in [1.165, 1.54) is 33.5 Å². The fourth-order valence-corrected chi connectivity index (χ4v) is 4.97. The number of hydrogen-bond acceptors (Lipinski definition) is 4. The third kappa shape index (κ3) is 8.83. The van der Waals surface area contributed by atoms with Crippen LogP contribution in [0.4, 0.5) is 0 Å². The van der Waals surface area contributed by atoms with Crippen LogP contribution in [0.2, 0.25) is 0 Å². The van der Waals surface area contributed by atoms with Crippen LogP contribution in [0.15, 0.2) is 54.6 Å². The maximum Gasteiger partial charge on any atom is 0.164 e. The summed E-state index contributed by atoms with van der Waals surface area (Å²) in [5.74, 6) is 0.844. The van der Waals surface area contributed by atoms with Crippen LogP contribution in [-0.2, 0) is 31.3 Å². The van der Waals surface area contributed by atoms with Crippen molar-refractivity contribution < 1.29 is 30.0 Å². The molecule has 0 bridgehead atoms. The van der Waals surface area contributed by atoms with E-state index in [2.05, 4.69) is 87.1 Å². The minimum Gasteiger partial charge on any atom is -0.512 e. The summed E-state index contributed by atoms with van der Waals surface area (Å²) in [5.41, 5.74) is 7.37. The average Bonchev–Trinajstić information content (AvgIpc) is 2.91. The van der Waals surface area contributed by atoms with Crippen molar-refractivity contribution in [2.75, 3.05) is 0 Å². The van der Waals surface area contributed by atoms with E-state index >= 15 is 0 Å². The number of carbonyl (C=O) groups is 1. The van der Waals surface area contributed by atoms with Crippen LogP contribution in [0.25, 0.3) is 32.9 Å². The molecule has 0 spiro atoms. The molecule has 43 heavy (non-hydrogen) atoms. The van der Waals surface area contributed by atoms with E-state index in [0.717, 1.165) is 47.0 Å². The zero-order valence-electron chi connectivity index (χ0n) is 27.9. The summed E-state index contributed by atoms with van der Waals surface area (Å²) in [6, 6.07) is 16.8. The molecule has 1 N–H and O–H groups in total. The zero-order chi connectivity index (χ0) is 31.4. The first kappa shape index (κ1) is 36.3. The molecule has 0 aliphatic rings. The van der Waals surface area contributed by atoms with Crippen molar-refractivity contribution in [1.82, 2.24) is 9.97 Å². The largest absolute Gasteiger partial charge is 0.512 e. The third-order valence-electron chi connectivity index (χ3n) is 8.42. The molecule has 4 nitrogen and oxygen atoms in total. The van der Waals surface area contributed by atoms with Gasteiger partial charge in [-0.1, -0.05) is 93.5 Å². The summed E-state index contributed by atoms with van der Waals surface area (Å²) in [7, 11) is 0. The van der Waals surface area contributed by atoms with Gasteiger partial charge in [0, 0.05) is 42.4 Å². The van der Waals surface area contributed by atoms with Crippen molar-refractivity contribution in [3.8, 4) is 11.3 Å². The minimum absolute atomic E-state index is 0. The van der Waals surface area contributed by atoms with Crippen molar-refractivity contribution in [2.24, 2.45) is 16.7 Å². The van der Waals surface area contributed by atoms with Gasteiger partial charge in [-0.2, -0.15) is 0 Å². The SMILES string of the molecule is CCC(C)(C)C(=O)/C=C(\O)C(C)(C)CC.Cc1[c-]c(-c2ncnc3c2ccc2cc(CC(C)C)cc(C)c23)cc(C)c1.[Ir]. The van der Waals surface area contributed by atoms with E-state index in [0.29, 0.717) is 5.92 Å². The molecule has 1 heterocycles. The van der Waals surface area contributed by atoms with E-state index in [1.807, 2.05) is 41.5 Å². The van der Waals surface area contributed by atoms with E-state index in [1.54, 1.807) is 6.33 Å². The number of fused-ring (bicyclic) bond motifs is 3. The predicted molar refractivity (Wildman–Crippen MR) is 178 cm³/mol. The molecule has 233 valence electrons.